The number of amides is 2. The van der Waals surface area contributed by atoms with E-state index >= 15 is 0 Å². The van der Waals surface area contributed by atoms with Crippen LogP contribution in [0.5, 0.6) is 0 Å². The van der Waals surface area contributed by atoms with Gasteiger partial charge in [0.15, 0.2) is 0 Å². The Morgan fingerprint density at radius 1 is 1.33 bits per heavy atom. The Morgan fingerprint density at radius 3 is 2.71 bits per heavy atom. The Kier molecular flexibility index (Phi) is 5.92. The molecule has 0 spiro atoms. The maximum absolute atomic E-state index is 12.2. The number of anilines is 1. The lowest BCUT2D eigenvalue weighted by molar-refractivity contribution is -0.127. The molecule has 132 valence electrons. The number of rotatable bonds is 6. The molecule has 0 bridgehead atoms. The quantitative estimate of drug-likeness (QED) is 0.564. The van der Waals surface area contributed by atoms with Crippen molar-refractivity contribution >= 4 is 27.5 Å². The van der Waals surface area contributed by atoms with Crippen LogP contribution in [0.1, 0.15) is 19.8 Å². The van der Waals surface area contributed by atoms with Crippen molar-refractivity contribution in [2.24, 2.45) is 0 Å². The molecule has 24 heavy (non-hydrogen) atoms. The van der Waals surface area contributed by atoms with Crippen molar-refractivity contribution in [1.82, 2.24) is 15.4 Å². The lowest BCUT2D eigenvalue weighted by Gasteiger charge is -2.17. The summed E-state index contributed by atoms with van der Waals surface area (Å²) in [6.07, 6.45) is 1.69. The van der Waals surface area contributed by atoms with Gasteiger partial charge in [0, 0.05) is 5.69 Å². The smallest absolute Gasteiger partial charge is 0.246 e. The summed E-state index contributed by atoms with van der Waals surface area (Å²) in [6.45, 7) is 2.38. The van der Waals surface area contributed by atoms with Crippen molar-refractivity contribution in [2.45, 2.75) is 36.7 Å². The SMILES string of the molecule is CNS(=O)(=O)c1cccc(NC(=O)C(C)NC(=O)C2CCCN2)c1. The van der Waals surface area contributed by atoms with Gasteiger partial charge >= 0.3 is 0 Å². The molecule has 1 aromatic rings. The molecule has 0 saturated carbocycles. The molecule has 1 heterocycles. The third-order valence-electron chi connectivity index (χ3n) is 3.81. The lowest BCUT2D eigenvalue weighted by atomic mass is 10.2. The summed E-state index contributed by atoms with van der Waals surface area (Å²) >= 11 is 0. The molecule has 8 nitrogen and oxygen atoms in total. The molecule has 1 saturated heterocycles. The number of nitrogens with one attached hydrogen (secondary N) is 4. The van der Waals surface area contributed by atoms with E-state index in [1.807, 2.05) is 0 Å². The van der Waals surface area contributed by atoms with Crippen molar-refractivity contribution in [3.05, 3.63) is 24.3 Å². The molecule has 4 N–H and O–H groups in total. The third-order valence-corrected chi connectivity index (χ3v) is 5.22. The molecule has 1 fully saturated rings. The van der Waals surface area contributed by atoms with E-state index < -0.39 is 22.0 Å². The van der Waals surface area contributed by atoms with Crippen LogP contribution in [0.4, 0.5) is 5.69 Å². The molecule has 0 aromatic heterocycles. The predicted octanol–water partition coefficient (Wildman–Crippen LogP) is -0.210. The van der Waals surface area contributed by atoms with E-state index in [9.17, 15) is 18.0 Å². The largest absolute Gasteiger partial charge is 0.343 e. The molecule has 1 aromatic carbocycles. The molecule has 2 unspecified atom stereocenters. The Balaban J connectivity index is 1.98. The van der Waals surface area contributed by atoms with E-state index in [0.717, 1.165) is 19.4 Å². The van der Waals surface area contributed by atoms with Crippen LogP contribution in [0, 0.1) is 0 Å². The summed E-state index contributed by atoms with van der Waals surface area (Å²) in [5.74, 6) is -0.623. The summed E-state index contributed by atoms with van der Waals surface area (Å²) in [6, 6.07) is 4.91. The molecule has 2 rings (SSSR count). The number of carbonyl (C=O) groups excluding carboxylic acids is 2. The molecule has 1 aliphatic rings. The zero-order valence-corrected chi connectivity index (χ0v) is 14.4. The van der Waals surface area contributed by atoms with Gasteiger partial charge in [-0.05, 0) is 51.6 Å². The highest BCUT2D eigenvalue weighted by Gasteiger charge is 2.25. The van der Waals surface area contributed by atoms with Crippen LogP contribution in [0.15, 0.2) is 29.2 Å². The molecular formula is C15H22N4O4S. The first-order valence-corrected chi connectivity index (χ1v) is 9.20. The van der Waals surface area contributed by atoms with Crippen molar-refractivity contribution in [2.75, 3.05) is 18.9 Å². The van der Waals surface area contributed by atoms with Crippen LogP contribution in [0.25, 0.3) is 0 Å². The number of hydrogen-bond donors (Lipinski definition) is 4. The molecule has 1 aliphatic heterocycles. The fraction of sp³-hybridized carbons (Fsp3) is 0.467. The zero-order valence-electron chi connectivity index (χ0n) is 13.6. The first-order chi connectivity index (χ1) is 11.3. The molecule has 0 radical (unpaired) electrons. The Morgan fingerprint density at radius 2 is 2.08 bits per heavy atom. The van der Waals surface area contributed by atoms with E-state index in [4.69, 9.17) is 0 Å². The van der Waals surface area contributed by atoms with E-state index in [0.29, 0.717) is 5.69 Å². The van der Waals surface area contributed by atoms with E-state index in [1.165, 1.54) is 25.2 Å². The summed E-state index contributed by atoms with van der Waals surface area (Å²) in [5, 5.41) is 8.33. The maximum atomic E-state index is 12.2. The van der Waals surface area contributed by atoms with Gasteiger partial charge in [-0.15, -0.1) is 0 Å². The summed E-state index contributed by atoms with van der Waals surface area (Å²) < 4.78 is 25.8. The minimum atomic E-state index is -3.59. The summed E-state index contributed by atoms with van der Waals surface area (Å²) in [4.78, 5) is 24.2. The highest BCUT2D eigenvalue weighted by Crippen LogP contribution is 2.15. The molecule has 9 heteroatoms. The Labute approximate surface area is 141 Å². The molecule has 0 aliphatic carbocycles. The van der Waals surface area contributed by atoms with Gasteiger partial charge in [-0.1, -0.05) is 6.07 Å². The van der Waals surface area contributed by atoms with Gasteiger partial charge in [-0.25, -0.2) is 13.1 Å². The second kappa shape index (κ2) is 7.73. The highest BCUT2D eigenvalue weighted by atomic mass is 32.2. The first kappa shape index (κ1) is 18.4. The first-order valence-electron chi connectivity index (χ1n) is 7.72. The Bertz CT molecular complexity index is 714. The monoisotopic (exact) mass is 354 g/mol. The second-order valence-electron chi connectivity index (χ2n) is 5.60. The van der Waals surface area contributed by atoms with Crippen LogP contribution in [-0.2, 0) is 19.6 Å². The van der Waals surface area contributed by atoms with Crippen molar-refractivity contribution in [3.63, 3.8) is 0 Å². The Hall–Kier alpha value is -1.97. The van der Waals surface area contributed by atoms with Gasteiger partial charge < -0.3 is 16.0 Å². The normalized spacial score (nSPS) is 18.8. The van der Waals surface area contributed by atoms with E-state index in [-0.39, 0.29) is 16.8 Å². The lowest BCUT2D eigenvalue weighted by Crippen LogP contribution is -2.48. The number of hydrogen-bond acceptors (Lipinski definition) is 5. The zero-order chi connectivity index (χ0) is 17.7. The molecular weight excluding hydrogens is 332 g/mol. The van der Waals surface area contributed by atoms with E-state index in [2.05, 4.69) is 20.7 Å². The van der Waals surface area contributed by atoms with Gasteiger partial charge in [0.25, 0.3) is 0 Å². The van der Waals surface area contributed by atoms with Crippen molar-refractivity contribution in [1.29, 1.82) is 0 Å². The molecule has 2 atom stereocenters. The fourth-order valence-corrected chi connectivity index (χ4v) is 3.17. The predicted molar refractivity (Wildman–Crippen MR) is 89.9 cm³/mol. The van der Waals surface area contributed by atoms with Gasteiger partial charge in [0.05, 0.1) is 10.9 Å². The van der Waals surface area contributed by atoms with Gasteiger partial charge in [-0.3, -0.25) is 9.59 Å². The number of sulfonamides is 1. The maximum Gasteiger partial charge on any atom is 0.246 e. The average Bonchev–Trinajstić information content (AvgIpc) is 3.09. The number of carbonyl (C=O) groups is 2. The second-order valence-corrected chi connectivity index (χ2v) is 7.49. The standard InChI is InChI=1S/C15H22N4O4S/c1-10(18-15(21)13-7-4-8-17-13)14(20)19-11-5-3-6-12(9-11)24(22,23)16-2/h3,5-6,9-10,13,16-17H,4,7-8H2,1-2H3,(H,18,21)(H,19,20). The third kappa shape index (κ3) is 4.53. The molecule has 2 amide bonds. The van der Waals surface area contributed by atoms with E-state index in [1.54, 1.807) is 13.0 Å². The van der Waals surface area contributed by atoms with Gasteiger partial charge in [0.1, 0.15) is 6.04 Å². The van der Waals surface area contributed by atoms with Crippen LogP contribution in [0.2, 0.25) is 0 Å². The summed E-state index contributed by atoms with van der Waals surface area (Å²) in [5.41, 5.74) is 0.344. The minimum absolute atomic E-state index is 0.0506. The minimum Gasteiger partial charge on any atom is -0.343 e. The van der Waals surface area contributed by atoms with Crippen molar-refractivity contribution < 1.29 is 18.0 Å². The van der Waals surface area contributed by atoms with Crippen molar-refractivity contribution in [3.8, 4) is 0 Å². The number of benzene rings is 1. The van der Waals surface area contributed by atoms with Gasteiger partial charge in [-0.2, -0.15) is 0 Å². The van der Waals surface area contributed by atoms with Crippen LogP contribution in [-0.4, -0.2) is 45.9 Å². The highest BCUT2D eigenvalue weighted by molar-refractivity contribution is 7.89. The van der Waals surface area contributed by atoms with Crippen LogP contribution in [0.3, 0.4) is 0 Å². The average molecular weight is 354 g/mol. The van der Waals surface area contributed by atoms with Crippen LogP contribution < -0.4 is 20.7 Å². The van der Waals surface area contributed by atoms with Crippen LogP contribution >= 0.6 is 0 Å². The summed E-state index contributed by atoms with van der Waals surface area (Å²) in [7, 11) is -2.27. The van der Waals surface area contributed by atoms with Gasteiger partial charge in [0.2, 0.25) is 21.8 Å². The topological polar surface area (TPSA) is 116 Å². The fourth-order valence-electron chi connectivity index (χ4n) is 2.40.